The van der Waals surface area contributed by atoms with E-state index in [1.54, 1.807) is 25.2 Å². The van der Waals surface area contributed by atoms with Crippen molar-refractivity contribution in [3.05, 3.63) is 23.8 Å². The summed E-state index contributed by atoms with van der Waals surface area (Å²) in [6, 6.07) is 6.11. The van der Waals surface area contributed by atoms with Crippen LogP contribution in [0.5, 0.6) is 0 Å². The second-order valence-electron chi connectivity index (χ2n) is 4.04. The van der Waals surface area contributed by atoms with Crippen molar-refractivity contribution in [3.63, 3.8) is 0 Å². The molecule has 0 radical (unpaired) electrons. The zero-order valence-electron chi connectivity index (χ0n) is 9.67. The number of benzene rings is 1. The van der Waals surface area contributed by atoms with Crippen LogP contribution in [0.15, 0.2) is 18.2 Å². The summed E-state index contributed by atoms with van der Waals surface area (Å²) < 4.78 is 0. The fourth-order valence-corrected chi connectivity index (χ4v) is 1.92. The second-order valence-corrected chi connectivity index (χ2v) is 4.04. The molecular formula is C12H11N3O3. The minimum Gasteiger partial charge on any atom is -0.481 e. The number of hydrogen-bond acceptors (Lipinski definition) is 4. The van der Waals surface area contributed by atoms with Gasteiger partial charge in [-0.15, -0.1) is 0 Å². The lowest BCUT2D eigenvalue weighted by atomic mass is 10.1. The summed E-state index contributed by atoms with van der Waals surface area (Å²) >= 11 is 0. The fraction of sp³-hybridized carbons (Fsp3) is 0.250. The first-order valence-electron chi connectivity index (χ1n) is 5.33. The quantitative estimate of drug-likeness (QED) is 0.803. The van der Waals surface area contributed by atoms with Crippen LogP contribution in [0.2, 0.25) is 0 Å². The number of carboxylic acids is 1. The molecule has 0 bridgehead atoms. The predicted molar refractivity (Wildman–Crippen MR) is 64.2 cm³/mol. The maximum absolute atomic E-state index is 11.9. The van der Waals surface area contributed by atoms with E-state index in [9.17, 15) is 9.59 Å². The first-order chi connectivity index (χ1) is 8.52. The van der Waals surface area contributed by atoms with Crippen molar-refractivity contribution in [2.24, 2.45) is 0 Å². The Kier molecular flexibility index (Phi) is 2.90. The zero-order chi connectivity index (χ0) is 13.3. The minimum absolute atomic E-state index is 0.275. The van der Waals surface area contributed by atoms with Crippen molar-refractivity contribution >= 4 is 23.3 Å². The number of fused-ring (bicyclic) bond motifs is 1. The number of hydrogen-bond donors (Lipinski definition) is 2. The Morgan fingerprint density at radius 2 is 2.33 bits per heavy atom. The molecule has 0 aromatic heterocycles. The number of anilines is 2. The number of nitrogens with one attached hydrogen (secondary N) is 1. The summed E-state index contributed by atoms with van der Waals surface area (Å²) in [5.41, 5.74) is 1.69. The average Bonchev–Trinajstić information content (AvgIpc) is 2.35. The van der Waals surface area contributed by atoms with Crippen molar-refractivity contribution in [3.8, 4) is 6.07 Å². The third kappa shape index (κ3) is 1.98. The molecular weight excluding hydrogens is 234 g/mol. The molecule has 1 aliphatic heterocycles. The SMILES string of the molecule is CN1C(=O)C(CC(=O)O)Nc2ccc(C#N)cc21. The lowest BCUT2D eigenvalue weighted by Gasteiger charge is -2.32. The van der Waals surface area contributed by atoms with Gasteiger partial charge in [0.05, 0.1) is 29.4 Å². The Balaban J connectivity index is 2.38. The van der Waals surface area contributed by atoms with Gasteiger partial charge in [0.25, 0.3) is 0 Å². The number of nitriles is 1. The molecule has 1 aromatic carbocycles. The number of aliphatic carboxylic acids is 1. The van der Waals surface area contributed by atoms with Crippen molar-refractivity contribution < 1.29 is 14.7 Å². The fourth-order valence-electron chi connectivity index (χ4n) is 1.92. The van der Waals surface area contributed by atoms with Gasteiger partial charge in [-0.1, -0.05) is 0 Å². The van der Waals surface area contributed by atoms with Gasteiger partial charge in [-0.3, -0.25) is 9.59 Å². The number of nitrogens with zero attached hydrogens (tertiary/aromatic N) is 2. The third-order valence-electron chi connectivity index (χ3n) is 2.83. The Bertz CT molecular complexity index is 562. The monoisotopic (exact) mass is 245 g/mol. The van der Waals surface area contributed by atoms with Gasteiger partial charge in [0.2, 0.25) is 5.91 Å². The van der Waals surface area contributed by atoms with Crippen LogP contribution in [-0.4, -0.2) is 30.1 Å². The minimum atomic E-state index is -1.04. The van der Waals surface area contributed by atoms with E-state index < -0.39 is 12.0 Å². The standard InChI is InChI=1S/C12H11N3O3/c1-15-10-4-7(6-13)2-3-8(10)14-9(12(15)18)5-11(16)17/h2-4,9,14H,5H2,1H3,(H,16,17). The maximum Gasteiger partial charge on any atom is 0.305 e. The smallest absolute Gasteiger partial charge is 0.305 e. The van der Waals surface area contributed by atoms with Crippen LogP contribution in [0.4, 0.5) is 11.4 Å². The van der Waals surface area contributed by atoms with Crippen LogP contribution in [0.3, 0.4) is 0 Å². The number of carbonyl (C=O) groups excluding carboxylic acids is 1. The van der Waals surface area contributed by atoms with E-state index in [1.165, 1.54) is 4.90 Å². The maximum atomic E-state index is 11.9. The van der Waals surface area contributed by atoms with E-state index in [4.69, 9.17) is 10.4 Å². The molecule has 1 atom stereocenters. The van der Waals surface area contributed by atoms with Gasteiger partial charge in [0, 0.05) is 7.05 Å². The Labute approximate surface area is 103 Å². The van der Waals surface area contributed by atoms with E-state index in [1.807, 2.05) is 6.07 Å². The molecule has 1 amide bonds. The molecule has 6 heteroatoms. The summed E-state index contributed by atoms with van der Waals surface area (Å²) in [5, 5.41) is 20.4. The Morgan fingerprint density at radius 3 is 2.94 bits per heavy atom. The van der Waals surface area contributed by atoms with E-state index in [2.05, 4.69) is 5.32 Å². The highest BCUT2D eigenvalue weighted by Crippen LogP contribution is 2.31. The number of amides is 1. The molecule has 6 nitrogen and oxygen atoms in total. The number of likely N-dealkylation sites (N-methyl/N-ethyl adjacent to an activating group) is 1. The van der Waals surface area contributed by atoms with Gasteiger partial charge in [-0.05, 0) is 18.2 Å². The van der Waals surface area contributed by atoms with Crippen LogP contribution in [0, 0.1) is 11.3 Å². The van der Waals surface area contributed by atoms with Crippen molar-refractivity contribution in [2.75, 3.05) is 17.3 Å². The van der Waals surface area contributed by atoms with Crippen molar-refractivity contribution in [1.29, 1.82) is 5.26 Å². The second kappa shape index (κ2) is 4.37. The average molecular weight is 245 g/mol. The Morgan fingerprint density at radius 1 is 1.61 bits per heavy atom. The van der Waals surface area contributed by atoms with Gasteiger partial charge in [-0.25, -0.2) is 0 Å². The Hall–Kier alpha value is -2.55. The van der Waals surface area contributed by atoms with Gasteiger partial charge in [-0.2, -0.15) is 5.26 Å². The normalized spacial score (nSPS) is 17.7. The molecule has 2 rings (SSSR count). The molecule has 0 spiro atoms. The highest BCUT2D eigenvalue weighted by Gasteiger charge is 2.31. The molecule has 1 aliphatic rings. The summed E-state index contributed by atoms with van der Waals surface area (Å²) in [5.74, 6) is -1.36. The van der Waals surface area contributed by atoms with Crippen LogP contribution < -0.4 is 10.2 Å². The van der Waals surface area contributed by atoms with Gasteiger partial charge >= 0.3 is 5.97 Å². The van der Waals surface area contributed by atoms with Crippen molar-refractivity contribution in [1.82, 2.24) is 0 Å². The molecule has 2 N–H and O–H groups in total. The molecule has 0 saturated heterocycles. The topological polar surface area (TPSA) is 93.4 Å². The molecule has 0 aliphatic carbocycles. The molecule has 18 heavy (non-hydrogen) atoms. The summed E-state index contributed by atoms with van der Waals surface area (Å²) in [6.07, 6.45) is -0.275. The lowest BCUT2D eigenvalue weighted by Crippen LogP contribution is -2.46. The molecule has 1 heterocycles. The summed E-state index contributed by atoms with van der Waals surface area (Å²) in [4.78, 5) is 24.0. The first-order valence-corrected chi connectivity index (χ1v) is 5.33. The van der Waals surface area contributed by atoms with E-state index in [0.717, 1.165) is 0 Å². The third-order valence-corrected chi connectivity index (χ3v) is 2.83. The summed E-state index contributed by atoms with van der Waals surface area (Å²) in [7, 11) is 1.57. The van der Waals surface area contributed by atoms with Crippen LogP contribution in [-0.2, 0) is 9.59 Å². The summed E-state index contributed by atoms with van der Waals surface area (Å²) in [6.45, 7) is 0. The number of rotatable bonds is 2. The number of carboxylic acid groups (broad SMARTS) is 1. The van der Waals surface area contributed by atoms with Crippen LogP contribution in [0.1, 0.15) is 12.0 Å². The molecule has 1 aromatic rings. The van der Waals surface area contributed by atoms with Gasteiger partial charge in [0.15, 0.2) is 0 Å². The van der Waals surface area contributed by atoms with Gasteiger partial charge < -0.3 is 15.3 Å². The highest BCUT2D eigenvalue weighted by atomic mass is 16.4. The van der Waals surface area contributed by atoms with Crippen molar-refractivity contribution in [2.45, 2.75) is 12.5 Å². The predicted octanol–water partition coefficient (Wildman–Crippen LogP) is 0.790. The van der Waals surface area contributed by atoms with E-state index >= 15 is 0 Å². The molecule has 1 unspecified atom stereocenters. The van der Waals surface area contributed by atoms with E-state index in [0.29, 0.717) is 16.9 Å². The first kappa shape index (κ1) is 11.9. The molecule has 0 saturated carbocycles. The van der Waals surface area contributed by atoms with Gasteiger partial charge in [0.1, 0.15) is 6.04 Å². The van der Waals surface area contributed by atoms with Crippen LogP contribution in [0.25, 0.3) is 0 Å². The number of carbonyl (C=O) groups is 2. The van der Waals surface area contributed by atoms with E-state index in [-0.39, 0.29) is 12.3 Å². The molecule has 0 fully saturated rings. The highest BCUT2D eigenvalue weighted by molar-refractivity contribution is 6.06. The van der Waals surface area contributed by atoms with Crippen LogP contribution >= 0.6 is 0 Å². The molecule has 92 valence electrons. The largest absolute Gasteiger partial charge is 0.481 e. The lowest BCUT2D eigenvalue weighted by molar-refractivity contribution is -0.138. The zero-order valence-corrected chi connectivity index (χ0v) is 9.67.